The lowest BCUT2D eigenvalue weighted by atomic mass is 9.63. The Morgan fingerprint density at radius 3 is 2.31 bits per heavy atom. The molecule has 0 spiro atoms. The Morgan fingerprint density at radius 2 is 1.69 bits per heavy atom. The normalized spacial score (nSPS) is 27.8. The third-order valence-electron chi connectivity index (χ3n) is 6.03. The number of para-hydroxylation sites is 1. The van der Waals surface area contributed by atoms with Gasteiger partial charge in [0.15, 0.2) is 0 Å². The number of hydrazone groups is 1. The zero-order valence-electron chi connectivity index (χ0n) is 15.3. The van der Waals surface area contributed by atoms with Crippen molar-refractivity contribution in [2.45, 2.75) is 12.8 Å². The number of carbonyl (C=O) groups is 2. The van der Waals surface area contributed by atoms with Crippen LogP contribution < -0.4 is 0 Å². The van der Waals surface area contributed by atoms with Gasteiger partial charge in [-0.05, 0) is 42.9 Å². The van der Waals surface area contributed by atoms with E-state index in [1.807, 2.05) is 0 Å². The van der Waals surface area contributed by atoms with Crippen LogP contribution in [-0.4, -0.2) is 28.0 Å². The van der Waals surface area contributed by atoms with Crippen LogP contribution in [0.3, 0.4) is 0 Å². The summed E-state index contributed by atoms with van der Waals surface area (Å²) in [5.74, 6) is -0.332. The van der Waals surface area contributed by atoms with Crippen LogP contribution in [0.1, 0.15) is 18.6 Å². The molecule has 1 aliphatic heterocycles. The fraction of sp³-hybridized carbons (Fsp3) is 0.286. The van der Waals surface area contributed by atoms with Crippen molar-refractivity contribution < 1.29 is 18.9 Å². The standard InChI is InChI=1S/C21H17N3O5/c25-20-18-12-5-6-13(8-7-12)19(18)21(26)23(20)22-11-14-9-10-17(29-14)15-3-1-2-4-16(15)24(27)28/h1-6,9-13,18-19H,7-8H2/b22-11-/t12-,13-,18-,19-/m1/s1. The molecule has 2 aromatic rings. The smallest absolute Gasteiger partial charge is 0.280 e. The maximum atomic E-state index is 12.8. The Kier molecular flexibility index (Phi) is 3.94. The number of hydrogen-bond acceptors (Lipinski definition) is 6. The number of rotatable bonds is 4. The van der Waals surface area contributed by atoms with Crippen LogP contribution >= 0.6 is 0 Å². The summed E-state index contributed by atoms with van der Waals surface area (Å²) in [6.45, 7) is 0. The second kappa shape index (κ2) is 6.51. The molecule has 1 saturated heterocycles. The first-order valence-corrected chi connectivity index (χ1v) is 9.48. The maximum absolute atomic E-state index is 12.8. The first kappa shape index (κ1) is 17.5. The van der Waals surface area contributed by atoms with Gasteiger partial charge in [0.05, 0.1) is 28.5 Å². The Morgan fingerprint density at radius 1 is 1.03 bits per heavy atom. The molecule has 2 amide bonds. The minimum absolute atomic E-state index is 0.0673. The third kappa shape index (κ3) is 2.71. The highest BCUT2D eigenvalue weighted by Crippen LogP contribution is 2.49. The zero-order valence-corrected chi connectivity index (χ0v) is 15.3. The van der Waals surface area contributed by atoms with Gasteiger partial charge >= 0.3 is 0 Å². The van der Waals surface area contributed by atoms with Crippen molar-refractivity contribution in [1.82, 2.24) is 5.01 Å². The molecule has 1 saturated carbocycles. The predicted octanol–water partition coefficient (Wildman–Crippen LogP) is 3.39. The highest BCUT2D eigenvalue weighted by Gasteiger charge is 2.56. The second-order valence-corrected chi connectivity index (χ2v) is 7.55. The minimum atomic E-state index is -0.475. The van der Waals surface area contributed by atoms with Crippen molar-refractivity contribution in [3.05, 3.63) is 64.4 Å². The molecule has 4 aliphatic rings. The molecule has 3 aliphatic carbocycles. The van der Waals surface area contributed by atoms with Gasteiger partial charge in [-0.25, -0.2) is 0 Å². The van der Waals surface area contributed by atoms with Crippen LogP contribution in [-0.2, 0) is 9.59 Å². The molecule has 2 fully saturated rings. The predicted molar refractivity (Wildman–Crippen MR) is 103 cm³/mol. The summed E-state index contributed by atoms with van der Waals surface area (Å²) in [5, 5.41) is 16.3. The highest BCUT2D eigenvalue weighted by atomic mass is 16.6. The number of nitro benzene ring substituents is 1. The van der Waals surface area contributed by atoms with E-state index in [0.29, 0.717) is 17.1 Å². The molecule has 0 unspecified atom stereocenters. The largest absolute Gasteiger partial charge is 0.455 e. The SMILES string of the molecule is O=C1[C@H]2[C@H](C(=O)N1/N=C\c1ccc(-c3ccccc3[N+](=O)[O-])o1)[C@@H]1C=C[C@@H]2CC1. The number of imide groups is 1. The average molecular weight is 391 g/mol. The summed E-state index contributed by atoms with van der Waals surface area (Å²) < 4.78 is 5.65. The molecule has 6 rings (SSSR count). The van der Waals surface area contributed by atoms with Crippen molar-refractivity contribution in [2.75, 3.05) is 0 Å². The van der Waals surface area contributed by atoms with Gasteiger partial charge in [0.1, 0.15) is 11.5 Å². The van der Waals surface area contributed by atoms with E-state index in [1.54, 1.807) is 30.3 Å². The van der Waals surface area contributed by atoms with E-state index in [1.165, 1.54) is 12.3 Å². The number of allylic oxidation sites excluding steroid dienone is 2. The summed E-state index contributed by atoms with van der Waals surface area (Å²) in [5.41, 5.74) is 0.279. The van der Waals surface area contributed by atoms with Crippen molar-refractivity contribution in [1.29, 1.82) is 0 Å². The van der Waals surface area contributed by atoms with Gasteiger partial charge in [0.2, 0.25) is 0 Å². The van der Waals surface area contributed by atoms with Crippen LogP contribution in [0.15, 0.2) is 58.1 Å². The fourth-order valence-electron chi connectivity index (χ4n) is 4.70. The molecule has 2 bridgehead atoms. The maximum Gasteiger partial charge on any atom is 0.280 e. The third-order valence-corrected chi connectivity index (χ3v) is 6.03. The summed E-state index contributed by atoms with van der Waals surface area (Å²) in [4.78, 5) is 36.3. The van der Waals surface area contributed by atoms with Gasteiger partial charge in [-0.2, -0.15) is 10.1 Å². The van der Waals surface area contributed by atoms with Crippen LogP contribution in [0.5, 0.6) is 0 Å². The number of amides is 2. The van der Waals surface area contributed by atoms with E-state index in [0.717, 1.165) is 17.9 Å². The monoisotopic (exact) mass is 391 g/mol. The van der Waals surface area contributed by atoms with Crippen molar-refractivity contribution in [2.24, 2.45) is 28.8 Å². The lowest BCUT2D eigenvalue weighted by molar-refractivity contribution is -0.384. The molecule has 29 heavy (non-hydrogen) atoms. The van der Waals surface area contributed by atoms with E-state index in [4.69, 9.17) is 4.42 Å². The lowest BCUT2D eigenvalue weighted by Gasteiger charge is -2.37. The Balaban J connectivity index is 1.39. The molecule has 1 aromatic carbocycles. The zero-order chi connectivity index (χ0) is 20.1. The van der Waals surface area contributed by atoms with Crippen molar-refractivity contribution >= 4 is 23.7 Å². The summed E-state index contributed by atoms with van der Waals surface area (Å²) in [6, 6.07) is 9.46. The Bertz CT molecular complexity index is 1050. The molecule has 0 N–H and O–H groups in total. The summed E-state index contributed by atoms with van der Waals surface area (Å²) in [7, 11) is 0. The van der Waals surface area contributed by atoms with Crippen LogP contribution in [0.4, 0.5) is 5.69 Å². The van der Waals surface area contributed by atoms with E-state index < -0.39 is 4.92 Å². The Hall–Kier alpha value is -3.55. The minimum Gasteiger partial charge on any atom is -0.455 e. The quantitative estimate of drug-likeness (QED) is 0.261. The summed E-state index contributed by atoms with van der Waals surface area (Å²) >= 11 is 0. The molecule has 8 nitrogen and oxygen atoms in total. The molecule has 8 heteroatoms. The van der Waals surface area contributed by atoms with Gasteiger partial charge < -0.3 is 4.42 Å². The average Bonchev–Trinajstić information content (AvgIpc) is 3.32. The molecule has 4 atom stereocenters. The van der Waals surface area contributed by atoms with Crippen LogP contribution in [0, 0.1) is 33.8 Å². The topological polar surface area (TPSA) is 106 Å². The molecule has 0 radical (unpaired) electrons. The number of benzene rings is 1. The molecule has 1 aromatic heterocycles. The van der Waals surface area contributed by atoms with Crippen LogP contribution in [0.25, 0.3) is 11.3 Å². The van der Waals surface area contributed by atoms with Gasteiger partial charge in [0.25, 0.3) is 17.5 Å². The van der Waals surface area contributed by atoms with E-state index >= 15 is 0 Å². The number of nitrogens with zero attached hydrogens (tertiary/aromatic N) is 3. The number of carbonyl (C=O) groups excluding carboxylic acids is 2. The molecular weight excluding hydrogens is 374 g/mol. The van der Waals surface area contributed by atoms with E-state index in [-0.39, 0.29) is 41.2 Å². The first-order valence-electron chi connectivity index (χ1n) is 9.48. The number of furan rings is 1. The molecule has 2 heterocycles. The van der Waals surface area contributed by atoms with Gasteiger partial charge in [-0.3, -0.25) is 19.7 Å². The van der Waals surface area contributed by atoms with E-state index in [2.05, 4.69) is 17.3 Å². The Labute approximate surface area is 165 Å². The molecule has 146 valence electrons. The lowest BCUT2D eigenvalue weighted by Crippen LogP contribution is -2.38. The summed E-state index contributed by atoms with van der Waals surface area (Å²) in [6.07, 6.45) is 7.27. The highest BCUT2D eigenvalue weighted by molar-refractivity contribution is 6.06. The van der Waals surface area contributed by atoms with Crippen molar-refractivity contribution in [3.63, 3.8) is 0 Å². The van der Waals surface area contributed by atoms with Crippen molar-refractivity contribution in [3.8, 4) is 11.3 Å². The van der Waals surface area contributed by atoms with Gasteiger partial charge in [-0.1, -0.05) is 24.3 Å². The van der Waals surface area contributed by atoms with Gasteiger partial charge in [0, 0.05) is 6.07 Å². The number of hydrogen-bond donors (Lipinski definition) is 0. The second-order valence-electron chi connectivity index (χ2n) is 7.55. The number of fused-ring (bicyclic) bond motifs is 1. The molecular formula is C21H17N3O5. The first-order chi connectivity index (χ1) is 14.0. The fourth-order valence-corrected chi connectivity index (χ4v) is 4.70. The van der Waals surface area contributed by atoms with E-state index in [9.17, 15) is 19.7 Å². The number of nitro groups is 1. The van der Waals surface area contributed by atoms with Gasteiger partial charge in [-0.15, -0.1) is 0 Å². The van der Waals surface area contributed by atoms with Crippen LogP contribution in [0.2, 0.25) is 0 Å².